The van der Waals surface area contributed by atoms with Crippen molar-refractivity contribution in [1.29, 1.82) is 0 Å². The fraction of sp³-hybridized carbons (Fsp3) is 0.357. The van der Waals surface area contributed by atoms with E-state index in [9.17, 15) is 9.90 Å². The van der Waals surface area contributed by atoms with Crippen LogP contribution < -0.4 is 5.73 Å². The number of carboxylic acid groups (broad SMARTS) is 1. The first kappa shape index (κ1) is 12.6. The number of benzene rings is 1. The van der Waals surface area contributed by atoms with Gasteiger partial charge in [0.05, 0.1) is 0 Å². The number of aromatic nitrogens is 1. The molecule has 1 heterocycles. The van der Waals surface area contributed by atoms with E-state index in [2.05, 4.69) is 4.98 Å². The summed E-state index contributed by atoms with van der Waals surface area (Å²) in [6, 6.07) is 7.81. The van der Waals surface area contributed by atoms with Crippen molar-refractivity contribution in [2.45, 2.75) is 31.7 Å². The van der Waals surface area contributed by atoms with E-state index < -0.39 is 16.9 Å². The second kappa shape index (κ2) is 3.85. The van der Waals surface area contributed by atoms with Gasteiger partial charge in [-0.3, -0.25) is 4.79 Å². The number of rotatable bonds is 3. The van der Waals surface area contributed by atoms with Crippen molar-refractivity contribution in [2.75, 3.05) is 0 Å². The molecule has 2 aromatic rings. The van der Waals surface area contributed by atoms with E-state index in [-0.39, 0.29) is 0 Å². The number of nitrogens with two attached hydrogens (primary N) is 1. The molecular formula is C14H18N2O2. The summed E-state index contributed by atoms with van der Waals surface area (Å²) in [5, 5.41) is 10.3. The lowest BCUT2D eigenvalue weighted by molar-refractivity contribution is -0.145. The zero-order valence-corrected chi connectivity index (χ0v) is 10.8. The van der Waals surface area contributed by atoms with Gasteiger partial charge in [-0.05, 0) is 18.6 Å². The molecule has 0 fully saturated rings. The highest BCUT2D eigenvalue weighted by molar-refractivity contribution is 5.87. The SMILES string of the molecule is CC(N)(C(=O)O)C(C)(C)c1c[nH]c2ccccc12. The molecular weight excluding hydrogens is 228 g/mol. The fourth-order valence-electron chi connectivity index (χ4n) is 2.14. The maximum absolute atomic E-state index is 11.4. The van der Waals surface area contributed by atoms with Gasteiger partial charge in [-0.1, -0.05) is 32.0 Å². The maximum Gasteiger partial charge on any atom is 0.324 e. The maximum atomic E-state index is 11.4. The van der Waals surface area contributed by atoms with Gasteiger partial charge < -0.3 is 15.8 Å². The average Bonchev–Trinajstić information content (AvgIpc) is 2.72. The van der Waals surface area contributed by atoms with Gasteiger partial charge in [0, 0.05) is 22.5 Å². The minimum atomic E-state index is -1.34. The highest BCUT2D eigenvalue weighted by atomic mass is 16.4. The van der Waals surface area contributed by atoms with Crippen molar-refractivity contribution < 1.29 is 9.90 Å². The molecule has 0 amide bonds. The Hall–Kier alpha value is -1.81. The summed E-state index contributed by atoms with van der Waals surface area (Å²) in [6.45, 7) is 5.27. The summed E-state index contributed by atoms with van der Waals surface area (Å²) < 4.78 is 0. The molecule has 1 aromatic heterocycles. The Morgan fingerprint density at radius 2 is 1.89 bits per heavy atom. The summed E-state index contributed by atoms with van der Waals surface area (Å²) in [7, 11) is 0. The molecule has 4 heteroatoms. The Labute approximate surface area is 106 Å². The van der Waals surface area contributed by atoms with Gasteiger partial charge in [-0.25, -0.2) is 0 Å². The van der Waals surface area contributed by atoms with Crippen molar-refractivity contribution in [3.05, 3.63) is 36.0 Å². The predicted molar refractivity (Wildman–Crippen MR) is 71.6 cm³/mol. The lowest BCUT2D eigenvalue weighted by Gasteiger charge is -2.37. The monoisotopic (exact) mass is 246 g/mol. The molecule has 0 bridgehead atoms. The van der Waals surface area contributed by atoms with Gasteiger partial charge >= 0.3 is 5.97 Å². The van der Waals surface area contributed by atoms with Crippen LogP contribution in [0.25, 0.3) is 10.9 Å². The van der Waals surface area contributed by atoms with Crippen molar-refractivity contribution >= 4 is 16.9 Å². The third kappa shape index (κ3) is 1.61. The zero-order valence-electron chi connectivity index (χ0n) is 10.8. The third-order valence-corrected chi connectivity index (χ3v) is 4.01. The van der Waals surface area contributed by atoms with Crippen LogP contribution in [-0.4, -0.2) is 21.6 Å². The van der Waals surface area contributed by atoms with Crippen LogP contribution in [0, 0.1) is 0 Å². The number of hydrogen-bond acceptors (Lipinski definition) is 2. The molecule has 18 heavy (non-hydrogen) atoms. The van der Waals surface area contributed by atoms with Gasteiger partial charge in [0.2, 0.25) is 0 Å². The third-order valence-electron chi connectivity index (χ3n) is 4.01. The highest BCUT2D eigenvalue weighted by Gasteiger charge is 2.46. The van der Waals surface area contributed by atoms with E-state index >= 15 is 0 Å². The number of aliphatic carboxylic acids is 1. The molecule has 0 saturated carbocycles. The van der Waals surface area contributed by atoms with Crippen LogP contribution in [0.2, 0.25) is 0 Å². The number of aromatic amines is 1. The Bertz CT molecular complexity index is 597. The van der Waals surface area contributed by atoms with Gasteiger partial charge in [-0.2, -0.15) is 0 Å². The van der Waals surface area contributed by atoms with E-state index in [1.165, 1.54) is 0 Å². The Morgan fingerprint density at radius 1 is 1.28 bits per heavy atom. The molecule has 0 aliphatic rings. The molecule has 0 aliphatic carbocycles. The molecule has 0 saturated heterocycles. The minimum Gasteiger partial charge on any atom is -0.480 e. The summed E-state index contributed by atoms with van der Waals surface area (Å²) >= 11 is 0. The molecule has 0 radical (unpaired) electrons. The van der Waals surface area contributed by atoms with E-state index in [1.54, 1.807) is 6.92 Å². The lowest BCUT2D eigenvalue weighted by atomic mass is 9.69. The average molecular weight is 246 g/mol. The van der Waals surface area contributed by atoms with E-state index in [0.717, 1.165) is 16.5 Å². The summed E-state index contributed by atoms with van der Waals surface area (Å²) in [6.07, 6.45) is 1.85. The van der Waals surface area contributed by atoms with Crippen LogP contribution in [0.4, 0.5) is 0 Å². The van der Waals surface area contributed by atoms with Gasteiger partial charge in [-0.15, -0.1) is 0 Å². The first-order chi connectivity index (χ1) is 8.28. The summed E-state index contributed by atoms with van der Waals surface area (Å²) in [4.78, 5) is 14.5. The Kier molecular flexibility index (Phi) is 2.70. The number of hydrogen-bond donors (Lipinski definition) is 3. The molecule has 4 nitrogen and oxygen atoms in total. The molecule has 96 valence electrons. The number of H-pyrrole nitrogens is 1. The highest BCUT2D eigenvalue weighted by Crippen LogP contribution is 2.37. The lowest BCUT2D eigenvalue weighted by Crippen LogP contribution is -2.58. The fourth-order valence-corrected chi connectivity index (χ4v) is 2.14. The van der Waals surface area contributed by atoms with E-state index in [4.69, 9.17) is 5.73 Å². The van der Waals surface area contributed by atoms with Crippen molar-refractivity contribution in [3.8, 4) is 0 Å². The first-order valence-electron chi connectivity index (χ1n) is 5.87. The van der Waals surface area contributed by atoms with E-state index in [0.29, 0.717) is 0 Å². The number of fused-ring (bicyclic) bond motifs is 1. The quantitative estimate of drug-likeness (QED) is 0.777. The molecule has 1 atom stereocenters. The van der Waals surface area contributed by atoms with E-state index in [1.807, 2.05) is 44.3 Å². The summed E-state index contributed by atoms with van der Waals surface area (Å²) in [5.74, 6) is -1.00. The standard InChI is InChI=1S/C14H18N2O2/c1-13(2,14(3,15)12(17)18)10-8-16-11-7-5-4-6-9(10)11/h4-8,16H,15H2,1-3H3,(H,17,18). The topological polar surface area (TPSA) is 79.1 Å². The molecule has 4 N–H and O–H groups in total. The minimum absolute atomic E-state index is 0.682. The Balaban J connectivity index is 2.64. The second-order valence-electron chi connectivity index (χ2n) is 5.38. The molecule has 2 rings (SSSR count). The predicted octanol–water partition coefficient (Wildman–Crippen LogP) is 2.25. The second-order valence-corrected chi connectivity index (χ2v) is 5.38. The normalized spacial score (nSPS) is 15.6. The Morgan fingerprint density at radius 3 is 2.50 bits per heavy atom. The van der Waals surface area contributed by atoms with Crippen LogP contribution in [0.5, 0.6) is 0 Å². The van der Waals surface area contributed by atoms with Crippen molar-refractivity contribution in [1.82, 2.24) is 4.98 Å². The molecule has 0 spiro atoms. The van der Waals surface area contributed by atoms with Crippen LogP contribution in [-0.2, 0) is 10.2 Å². The van der Waals surface area contributed by atoms with Crippen LogP contribution in [0.3, 0.4) is 0 Å². The van der Waals surface area contributed by atoms with Gasteiger partial charge in [0.1, 0.15) is 5.54 Å². The number of para-hydroxylation sites is 1. The molecule has 1 unspecified atom stereocenters. The van der Waals surface area contributed by atoms with Crippen LogP contribution >= 0.6 is 0 Å². The number of carbonyl (C=O) groups is 1. The number of carboxylic acids is 1. The zero-order chi connectivity index (χ0) is 13.6. The van der Waals surface area contributed by atoms with Crippen LogP contribution in [0.1, 0.15) is 26.3 Å². The largest absolute Gasteiger partial charge is 0.480 e. The summed E-state index contributed by atoms with van der Waals surface area (Å²) in [5.41, 5.74) is 5.90. The van der Waals surface area contributed by atoms with Gasteiger partial charge in [0.25, 0.3) is 0 Å². The molecule has 0 aliphatic heterocycles. The first-order valence-corrected chi connectivity index (χ1v) is 5.87. The smallest absolute Gasteiger partial charge is 0.324 e. The van der Waals surface area contributed by atoms with Crippen LogP contribution in [0.15, 0.2) is 30.5 Å². The number of nitrogens with one attached hydrogen (secondary N) is 1. The van der Waals surface area contributed by atoms with Gasteiger partial charge in [0.15, 0.2) is 0 Å². The van der Waals surface area contributed by atoms with Crippen molar-refractivity contribution in [2.24, 2.45) is 5.73 Å². The molecule has 1 aromatic carbocycles. The van der Waals surface area contributed by atoms with Crippen molar-refractivity contribution in [3.63, 3.8) is 0 Å².